The zero-order valence-corrected chi connectivity index (χ0v) is 11.7. The highest BCUT2D eigenvalue weighted by atomic mass is 79.9. The molecule has 0 aliphatic heterocycles. The Labute approximate surface area is 118 Å². The van der Waals surface area contributed by atoms with Crippen molar-refractivity contribution in [3.05, 3.63) is 52.3 Å². The Balaban J connectivity index is 1.80. The summed E-state index contributed by atoms with van der Waals surface area (Å²) in [6.07, 6.45) is 4.99. The van der Waals surface area contributed by atoms with Crippen molar-refractivity contribution in [2.24, 2.45) is 0 Å². The summed E-state index contributed by atoms with van der Waals surface area (Å²) in [4.78, 5) is 18.9. The predicted molar refractivity (Wildman–Crippen MR) is 73.3 cm³/mol. The number of aromatic amines is 1. The molecule has 100 valence electrons. The Bertz CT molecular complexity index is 537. The number of carbonyl (C=O) groups excluding carboxylic acids is 1. The summed E-state index contributed by atoms with van der Waals surface area (Å²) < 4.78 is 13.7. The number of H-pyrrole nitrogens is 1. The lowest BCUT2D eigenvalue weighted by Crippen LogP contribution is -2.25. The molecule has 2 N–H and O–H groups in total. The van der Waals surface area contributed by atoms with Crippen LogP contribution in [0, 0.1) is 5.82 Å². The van der Waals surface area contributed by atoms with E-state index in [4.69, 9.17) is 0 Å². The summed E-state index contributed by atoms with van der Waals surface area (Å²) in [5.74, 6) is 0.178. The zero-order chi connectivity index (χ0) is 13.7. The van der Waals surface area contributed by atoms with Gasteiger partial charge in [-0.1, -0.05) is 15.9 Å². The third-order valence-corrected chi connectivity index (χ3v) is 3.01. The third kappa shape index (κ3) is 4.17. The second kappa shape index (κ2) is 6.47. The van der Waals surface area contributed by atoms with Crippen molar-refractivity contribution in [1.29, 1.82) is 0 Å². The molecule has 1 heterocycles. The van der Waals surface area contributed by atoms with E-state index in [1.165, 1.54) is 12.1 Å². The fraction of sp³-hybridized carbons (Fsp3) is 0.231. The number of halogens is 2. The number of nitrogens with one attached hydrogen (secondary N) is 2. The first kappa shape index (κ1) is 13.7. The van der Waals surface area contributed by atoms with Crippen molar-refractivity contribution >= 4 is 21.8 Å². The quantitative estimate of drug-likeness (QED) is 0.830. The van der Waals surface area contributed by atoms with Crippen LogP contribution < -0.4 is 5.32 Å². The first-order valence-electron chi connectivity index (χ1n) is 5.88. The van der Waals surface area contributed by atoms with Crippen molar-refractivity contribution in [1.82, 2.24) is 15.3 Å². The van der Waals surface area contributed by atoms with Crippen LogP contribution in [0.2, 0.25) is 0 Å². The molecular formula is C13H13BrFN3O. The minimum Gasteiger partial charge on any atom is -0.352 e. The zero-order valence-electron chi connectivity index (χ0n) is 10.1. The number of aromatic nitrogens is 2. The van der Waals surface area contributed by atoms with Crippen molar-refractivity contribution in [3.63, 3.8) is 0 Å². The molecule has 0 saturated carbocycles. The van der Waals surface area contributed by atoms with Gasteiger partial charge in [-0.25, -0.2) is 9.37 Å². The molecular weight excluding hydrogens is 313 g/mol. The van der Waals surface area contributed by atoms with Crippen LogP contribution in [0.15, 0.2) is 35.1 Å². The van der Waals surface area contributed by atoms with Gasteiger partial charge in [0, 0.05) is 35.4 Å². The normalized spacial score (nSPS) is 10.4. The van der Waals surface area contributed by atoms with E-state index in [1.807, 2.05) is 0 Å². The third-order valence-electron chi connectivity index (χ3n) is 2.56. The average Bonchev–Trinajstić information content (AvgIpc) is 2.86. The number of hydrogen-bond donors (Lipinski definition) is 2. The lowest BCUT2D eigenvalue weighted by Gasteiger charge is -2.05. The fourth-order valence-corrected chi connectivity index (χ4v) is 2.14. The van der Waals surface area contributed by atoms with Crippen molar-refractivity contribution < 1.29 is 9.18 Å². The van der Waals surface area contributed by atoms with Gasteiger partial charge < -0.3 is 10.3 Å². The van der Waals surface area contributed by atoms with Crippen molar-refractivity contribution in [3.8, 4) is 0 Å². The first-order chi connectivity index (χ1) is 9.15. The van der Waals surface area contributed by atoms with Gasteiger partial charge in [0.25, 0.3) is 5.91 Å². The Morgan fingerprint density at radius 2 is 2.26 bits per heavy atom. The molecule has 0 fully saturated rings. The fourth-order valence-electron chi connectivity index (χ4n) is 1.68. The van der Waals surface area contributed by atoms with Gasteiger partial charge in [0.1, 0.15) is 11.6 Å². The van der Waals surface area contributed by atoms with Crippen LogP contribution in [0.5, 0.6) is 0 Å². The first-order valence-corrected chi connectivity index (χ1v) is 6.67. The average molecular weight is 326 g/mol. The van der Waals surface area contributed by atoms with E-state index in [0.29, 0.717) is 16.6 Å². The number of rotatable bonds is 5. The monoisotopic (exact) mass is 325 g/mol. The topological polar surface area (TPSA) is 57.8 Å². The van der Waals surface area contributed by atoms with E-state index in [9.17, 15) is 9.18 Å². The van der Waals surface area contributed by atoms with Crippen LogP contribution in [-0.4, -0.2) is 22.4 Å². The molecule has 1 amide bonds. The van der Waals surface area contributed by atoms with E-state index in [2.05, 4.69) is 31.2 Å². The lowest BCUT2D eigenvalue weighted by molar-refractivity contribution is 0.0952. The number of hydrogen-bond acceptors (Lipinski definition) is 2. The van der Waals surface area contributed by atoms with Gasteiger partial charge in [0.05, 0.1) is 0 Å². The number of imidazole rings is 1. The summed E-state index contributed by atoms with van der Waals surface area (Å²) in [7, 11) is 0. The number of aryl methyl sites for hydroxylation is 1. The minimum atomic E-state index is -0.435. The minimum absolute atomic E-state index is 0.278. The molecule has 0 bridgehead atoms. The molecule has 0 spiro atoms. The molecule has 4 nitrogen and oxygen atoms in total. The molecule has 2 aromatic rings. The maximum absolute atomic E-state index is 13.1. The highest BCUT2D eigenvalue weighted by Gasteiger charge is 2.07. The van der Waals surface area contributed by atoms with Crippen LogP contribution >= 0.6 is 15.9 Å². The molecule has 0 radical (unpaired) electrons. The molecule has 1 aromatic carbocycles. The molecule has 0 saturated heterocycles. The predicted octanol–water partition coefficient (Wildman–Crippen LogP) is 2.67. The summed E-state index contributed by atoms with van der Waals surface area (Å²) in [6, 6.07) is 4.12. The Morgan fingerprint density at radius 1 is 1.42 bits per heavy atom. The van der Waals surface area contributed by atoms with Crippen LogP contribution in [-0.2, 0) is 6.42 Å². The summed E-state index contributed by atoms with van der Waals surface area (Å²) in [6.45, 7) is 0.521. The number of amides is 1. The highest BCUT2D eigenvalue weighted by molar-refractivity contribution is 9.10. The van der Waals surface area contributed by atoms with Gasteiger partial charge in [-0.05, 0) is 24.6 Å². The van der Waals surface area contributed by atoms with Crippen molar-refractivity contribution in [2.45, 2.75) is 12.8 Å². The van der Waals surface area contributed by atoms with E-state index in [-0.39, 0.29) is 5.91 Å². The molecule has 19 heavy (non-hydrogen) atoms. The van der Waals surface area contributed by atoms with Gasteiger partial charge in [-0.3, -0.25) is 4.79 Å². The number of benzene rings is 1. The maximum Gasteiger partial charge on any atom is 0.251 e. The summed E-state index contributed by atoms with van der Waals surface area (Å²) in [5.41, 5.74) is 0.310. The smallest absolute Gasteiger partial charge is 0.251 e. The van der Waals surface area contributed by atoms with Gasteiger partial charge in [-0.15, -0.1) is 0 Å². The molecule has 0 aliphatic rings. The largest absolute Gasteiger partial charge is 0.352 e. The number of nitrogens with zero attached hydrogens (tertiary/aromatic N) is 1. The van der Waals surface area contributed by atoms with Gasteiger partial charge in [0.2, 0.25) is 0 Å². The van der Waals surface area contributed by atoms with E-state index < -0.39 is 5.82 Å². The Hall–Kier alpha value is -1.69. The molecule has 0 unspecified atom stereocenters. The second-order valence-corrected chi connectivity index (χ2v) is 4.97. The Morgan fingerprint density at radius 3 is 2.95 bits per heavy atom. The SMILES string of the molecule is O=C(NCCCc1ncc[nH]1)c1cc(F)cc(Br)c1. The molecule has 0 atom stereocenters. The number of carbonyl (C=O) groups is 1. The molecule has 0 aliphatic carbocycles. The van der Waals surface area contributed by atoms with Crippen LogP contribution in [0.25, 0.3) is 0 Å². The van der Waals surface area contributed by atoms with E-state index >= 15 is 0 Å². The van der Waals surface area contributed by atoms with Crippen molar-refractivity contribution in [2.75, 3.05) is 6.54 Å². The van der Waals surface area contributed by atoms with Crippen LogP contribution in [0.4, 0.5) is 4.39 Å². The van der Waals surface area contributed by atoms with E-state index in [0.717, 1.165) is 18.7 Å². The molecule has 1 aromatic heterocycles. The second-order valence-electron chi connectivity index (χ2n) is 4.05. The maximum atomic E-state index is 13.1. The van der Waals surface area contributed by atoms with Gasteiger partial charge in [0.15, 0.2) is 0 Å². The lowest BCUT2D eigenvalue weighted by atomic mass is 10.2. The van der Waals surface area contributed by atoms with E-state index in [1.54, 1.807) is 18.5 Å². The van der Waals surface area contributed by atoms with Gasteiger partial charge >= 0.3 is 0 Å². The summed E-state index contributed by atoms with van der Waals surface area (Å²) in [5, 5.41) is 2.75. The molecule has 2 rings (SSSR count). The highest BCUT2D eigenvalue weighted by Crippen LogP contribution is 2.14. The summed E-state index contributed by atoms with van der Waals surface area (Å²) >= 11 is 3.16. The van der Waals surface area contributed by atoms with Gasteiger partial charge in [-0.2, -0.15) is 0 Å². The van der Waals surface area contributed by atoms with Crippen LogP contribution in [0.3, 0.4) is 0 Å². The Kier molecular flexibility index (Phi) is 4.68. The molecule has 6 heteroatoms. The standard InChI is InChI=1S/C13H13BrFN3O/c14-10-6-9(7-11(15)8-10)13(19)18-3-1-2-12-16-4-5-17-12/h4-8H,1-3H2,(H,16,17)(H,18,19). The van der Waals surface area contributed by atoms with Crippen LogP contribution in [0.1, 0.15) is 22.6 Å².